The van der Waals surface area contributed by atoms with Gasteiger partial charge in [-0.2, -0.15) is 0 Å². The van der Waals surface area contributed by atoms with Crippen molar-refractivity contribution in [3.05, 3.63) is 27.4 Å². The molecule has 1 N–H and O–H groups in total. The number of nitrogens with one attached hydrogen (secondary N) is 1. The van der Waals surface area contributed by atoms with Crippen LogP contribution in [0.15, 0.2) is 12.3 Å². The number of anilines is 1. The molecule has 0 aliphatic heterocycles. The smallest absolute Gasteiger partial charge is 0.289 e. The molecule has 0 saturated heterocycles. The molecule has 0 aliphatic carbocycles. The van der Waals surface area contributed by atoms with Crippen molar-refractivity contribution in [1.29, 1.82) is 0 Å². The third-order valence-corrected chi connectivity index (χ3v) is 2.46. The van der Waals surface area contributed by atoms with Crippen LogP contribution in [0.1, 0.15) is 13.3 Å². The number of nitro groups is 1. The zero-order valence-corrected chi connectivity index (χ0v) is 10.4. The zero-order valence-electron chi connectivity index (χ0n) is 9.64. The first kappa shape index (κ1) is 13.7. The predicted octanol–water partition coefficient (Wildman–Crippen LogP) is 2.48. The average molecular weight is 260 g/mol. The molecule has 0 fully saturated rings. The lowest BCUT2D eigenvalue weighted by Crippen LogP contribution is -2.18. The molecule has 17 heavy (non-hydrogen) atoms. The molecule has 1 aromatic heterocycles. The van der Waals surface area contributed by atoms with Crippen LogP contribution in [0.3, 0.4) is 0 Å². The van der Waals surface area contributed by atoms with Crippen LogP contribution < -0.4 is 5.32 Å². The van der Waals surface area contributed by atoms with Crippen LogP contribution >= 0.6 is 11.6 Å². The summed E-state index contributed by atoms with van der Waals surface area (Å²) in [5.74, 6) is 0.445. The van der Waals surface area contributed by atoms with Crippen LogP contribution in [0.25, 0.3) is 0 Å². The molecule has 1 aromatic rings. The summed E-state index contributed by atoms with van der Waals surface area (Å²) in [4.78, 5) is 13.9. The van der Waals surface area contributed by atoms with E-state index in [9.17, 15) is 10.1 Å². The SMILES string of the molecule is COCCC(C)Nc1ncc([N+](=O)[O-])cc1Cl. The van der Waals surface area contributed by atoms with Crippen LogP contribution in [0.4, 0.5) is 11.5 Å². The lowest BCUT2D eigenvalue weighted by Gasteiger charge is -2.14. The Kier molecular flexibility index (Phi) is 5.11. The van der Waals surface area contributed by atoms with E-state index < -0.39 is 4.92 Å². The topological polar surface area (TPSA) is 77.3 Å². The Morgan fingerprint density at radius 2 is 2.41 bits per heavy atom. The molecule has 1 rings (SSSR count). The Hall–Kier alpha value is -1.40. The van der Waals surface area contributed by atoms with E-state index in [0.29, 0.717) is 12.4 Å². The molecule has 0 spiro atoms. The first-order valence-electron chi connectivity index (χ1n) is 5.10. The molecule has 0 aliphatic rings. The van der Waals surface area contributed by atoms with E-state index in [-0.39, 0.29) is 16.8 Å². The molecule has 0 saturated carbocycles. The standard InChI is InChI=1S/C10H14ClN3O3/c1-7(3-4-17-2)13-10-9(11)5-8(6-12-10)14(15)16/h5-7H,3-4H2,1-2H3,(H,12,13). The number of hydrogen-bond donors (Lipinski definition) is 1. The molecule has 0 radical (unpaired) electrons. The molecule has 1 heterocycles. The number of halogens is 1. The highest BCUT2D eigenvalue weighted by Crippen LogP contribution is 2.24. The zero-order chi connectivity index (χ0) is 12.8. The summed E-state index contributed by atoms with van der Waals surface area (Å²) in [6.45, 7) is 2.58. The number of ether oxygens (including phenoxy) is 1. The van der Waals surface area contributed by atoms with E-state index in [1.165, 1.54) is 12.3 Å². The van der Waals surface area contributed by atoms with Crippen LogP contribution in [0.2, 0.25) is 5.02 Å². The summed E-state index contributed by atoms with van der Waals surface area (Å²) in [6.07, 6.45) is 1.97. The van der Waals surface area contributed by atoms with Gasteiger partial charge in [0, 0.05) is 25.8 Å². The third kappa shape index (κ3) is 4.16. The van der Waals surface area contributed by atoms with Gasteiger partial charge in [-0.05, 0) is 13.3 Å². The summed E-state index contributed by atoms with van der Waals surface area (Å²) in [5.41, 5.74) is -0.120. The second-order valence-electron chi connectivity index (χ2n) is 3.61. The van der Waals surface area contributed by atoms with Gasteiger partial charge in [-0.3, -0.25) is 10.1 Å². The van der Waals surface area contributed by atoms with Crippen molar-refractivity contribution in [3.8, 4) is 0 Å². The van der Waals surface area contributed by atoms with Gasteiger partial charge in [0.1, 0.15) is 12.0 Å². The highest BCUT2D eigenvalue weighted by molar-refractivity contribution is 6.33. The van der Waals surface area contributed by atoms with Crippen LogP contribution in [0, 0.1) is 10.1 Å². The maximum atomic E-state index is 10.5. The maximum Gasteiger partial charge on any atom is 0.289 e. The average Bonchev–Trinajstić information content (AvgIpc) is 2.28. The summed E-state index contributed by atoms with van der Waals surface area (Å²) >= 11 is 5.89. The summed E-state index contributed by atoms with van der Waals surface area (Å²) in [5, 5.41) is 13.8. The number of pyridine rings is 1. The fourth-order valence-electron chi connectivity index (χ4n) is 1.23. The molecule has 7 heteroatoms. The molecule has 6 nitrogen and oxygen atoms in total. The minimum absolute atomic E-state index is 0.120. The number of methoxy groups -OCH3 is 1. The largest absolute Gasteiger partial charge is 0.385 e. The number of hydrogen-bond acceptors (Lipinski definition) is 5. The molecule has 1 atom stereocenters. The quantitative estimate of drug-likeness (QED) is 0.627. The first-order valence-corrected chi connectivity index (χ1v) is 5.47. The Bertz CT molecular complexity index is 400. The van der Waals surface area contributed by atoms with Crippen molar-refractivity contribution in [2.75, 3.05) is 19.0 Å². The van der Waals surface area contributed by atoms with Gasteiger partial charge in [-0.25, -0.2) is 4.98 Å². The van der Waals surface area contributed by atoms with Crippen LogP contribution in [-0.2, 0) is 4.74 Å². The number of aromatic nitrogens is 1. The number of nitrogens with zero attached hydrogens (tertiary/aromatic N) is 2. The van der Waals surface area contributed by atoms with Gasteiger partial charge in [0.15, 0.2) is 0 Å². The Morgan fingerprint density at radius 3 is 2.94 bits per heavy atom. The predicted molar refractivity (Wildman–Crippen MR) is 65.5 cm³/mol. The van der Waals surface area contributed by atoms with Crippen molar-refractivity contribution in [2.24, 2.45) is 0 Å². The lowest BCUT2D eigenvalue weighted by molar-refractivity contribution is -0.385. The highest BCUT2D eigenvalue weighted by atomic mass is 35.5. The van der Waals surface area contributed by atoms with E-state index in [2.05, 4.69) is 10.3 Å². The van der Waals surface area contributed by atoms with Gasteiger partial charge < -0.3 is 10.1 Å². The first-order chi connectivity index (χ1) is 8.04. The highest BCUT2D eigenvalue weighted by Gasteiger charge is 2.12. The molecule has 94 valence electrons. The van der Waals surface area contributed by atoms with E-state index >= 15 is 0 Å². The van der Waals surface area contributed by atoms with E-state index in [0.717, 1.165) is 6.42 Å². The van der Waals surface area contributed by atoms with E-state index in [4.69, 9.17) is 16.3 Å². The van der Waals surface area contributed by atoms with E-state index in [1.54, 1.807) is 7.11 Å². The minimum atomic E-state index is -0.531. The molecule has 0 bridgehead atoms. The van der Waals surface area contributed by atoms with Gasteiger partial charge >= 0.3 is 0 Å². The van der Waals surface area contributed by atoms with Crippen molar-refractivity contribution in [2.45, 2.75) is 19.4 Å². The Balaban J connectivity index is 2.69. The second kappa shape index (κ2) is 6.36. The fourth-order valence-corrected chi connectivity index (χ4v) is 1.45. The summed E-state index contributed by atoms with van der Waals surface area (Å²) in [6, 6.07) is 1.40. The van der Waals surface area contributed by atoms with Gasteiger partial charge in [0.25, 0.3) is 5.69 Å². The Labute approximate surface area is 104 Å². The molecule has 1 unspecified atom stereocenters. The third-order valence-electron chi connectivity index (χ3n) is 2.18. The van der Waals surface area contributed by atoms with Crippen molar-refractivity contribution in [1.82, 2.24) is 4.98 Å². The van der Waals surface area contributed by atoms with Gasteiger partial charge in [-0.15, -0.1) is 0 Å². The monoisotopic (exact) mass is 259 g/mol. The second-order valence-corrected chi connectivity index (χ2v) is 4.02. The molecule has 0 aromatic carbocycles. The van der Waals surface area contributed by atoms with Crippen molar-refractivity contribution < 1.29 is 9.66 Å². The van der Waals surface area contributed by atoms with Gasteiger partial charge in [-0.1, -0.05) is 11.6 Å². The molecular formula is C10H14ClN3O3. The lowest BCUT2D eigenvalue weighted by atomic mass is 10.2. The molecular weight excluding hydrogens is 246 g/mol. The maximum absolute atomic E-state index is 10.5. The van der Waals surface area contributed by atoms with E-state index in [1.807, 2.05) is 6.92 Å². The normalized spacial score (nSPS) is 12.2. The van der Waals surface area contributed by atoms with Gasteiger partial charge in [0.2, 0.25) is 0 Å². The minimum Gasteiger partial charge on any atom is -0.385 e. The summed E-state index contributed by atoms with van der Waals surface area (Å²) < 4.78 is 4.95. The van der Waals surface area contributed by atoms with Gasteiger partial charge in [0.05, 0.1) is 9.95 Å². The van der Waals surface area contributed by atoms with Crippen LogP contribution in [-0.4, -0.2) is 29.7 Å². The Morgan fingerprint density at radius 1 is 1.71 bits per heavy atom. The van der Waals surface area contributed by atoms with Crippen molar-refractivity contribution in [3.63, 3.8) is 0 Å². The van der Waals surface area contributed by atoms with Crippen molar-refractivity contribution >= 4 is 23.1 Å². The van der Waals surface area contributed by atoms with Crippen LogP contribution in [0.5, 0.6) is 0 Å². The fraction of sp³-hybridized carbons (Fsp3) is 0.500. The molecule has 0 amide bonds. The number of rotatable bonds is 6. The summed E-state index contributed by atoms with van der Waals surface area (Å²) in [7, 11) is 1.63.